The Labute approximate surface area is 222 Å². The number of hydrogen-bond acceptors (Lipinski definition) is 2. The zero-order chi connectivity index (χ0) is 24.4. The van der Waals surface area contributed by atoms with E-state index in [0.29, 0.717) is 0 Å². The number of halogens is 2. The topological polar surface area (TPSA) is 11.4 Å². The largest absolute Gasteiger partial charge is 0.364 e. The second-order valence-electron chi connectivity index (χ2n) is 9.20. The Morgan fingerprint density at radius 2 is 1.54 bits per heavy atom. The van der Waals surface area contributed by atoms with Crippen LogP contribution in [0.15, 0.2) is 72.8 Å². The molecule has 1 aliphatic rings. The predicted molar refractivity (Wildman–Crippen MR) is 153 cm³/mol. The van der Waals surface area contributed by atoms with Gasteiger partial charge in [0.25, 0.3) is 0 Å². The molecule has 0 radical (unpaired) electrons. The van der Waals surface area contributed by atoms with Crippen molar-refractivity contribution in [3.8, 4) is 11.3 Å². The van der Waals surface area contributed by atoms with E-state index in [9.17, 15) is 0 Å². The minimum Gasteiger partial charge on any atom is -0.364 e. The van der Waals surface area contributed by atoms with Crippen LogP contribution in [0, 0.1) is 0 Å². The first-order valence-electron chi connectivity index (χ1n) is 12.1. The molecule has 0 N–H and O–H groups in total. The number of nitrogens with zero attached hydrogens (tertiary/aromatic N) is 3. The number of fused-ring (bicyclic) bond motifs is 1. The second kappa shape index (κ2) is 10.7. The van der Waals surface area contributed by atoms with Gasteiger partial charge in [0, 0.05) is 67.1 Å². The van der Waals surface area contributed by atoms with Gasteiger partial charge in [0.15, 0.2) is 0 Å². The lowest BCUT2D eigenvalue weighted by Crippen LogP contribution is -2.47. The Kier molecular flexibility index (Phi) is 7.45. The summed E-state index contributed by atoms with van der Waals surface area (Å²) in [6.07, 6.45) is 1.72. The van der Waals surface area contributed by atoms with Gasteiger partial charge in [0.05, 0.1) is 10.7 Å². The van der Waals surface area contributed by atoms with Crippen LogP contribution in [0.4, 0.5) is 0 Å². The van der Waals surface area contributed by atoms with Gasteiger partial charge in [-0.25, -0.2) is 0 Å². The van der Waals surface area contributed by atoms with Gasteiger partial charge in [-0.15, -0.1) is 0 Å². The van der Waals surface area contributed by atoms with Crippen molar-refractivity contribution >= 4 is 51.3 Å². The van der Waals surface area contributed by atoms with Gasteiger partial charge >= 0.3 is 0 Å². The fourth-order valence-corrected chi connectivity index (χ4v) is 5.69. The van der Waals surface area contributed by atoms with Crippen molar-refractivity contribution in [3.05, 3.63) is 94.0 Å². The van der Waals surface area contributed by atoms with Crippen LogP contribution in [0.1, 0.15) is 17.5 Å². The number of rotatable bonds is 6. The lowest BCUT2D eigenvalue weighted by atomic mass is 10.0. The van der Waals surface area contributed by atoms with Crippen molar-refractivity contribution in [2.75, 3.05) is 26.2 Å². The Balaban J connectivity index is 1.31. The summed E-state index contributed by atoms with van der Waals surface area (Å²) in [5, 5.41) is 2.69. The van der Waals surface area contributed by atoms with Crippen molar-refractivity contribution in [2.24, 2.45) is 7.05 Å². The molecule has 3 nitrogen and oxygen atoms in total. The molecule has 3 aromatic carbocycles. The van der Waals surface area contributed by atoms with Crippen LogP contribution in [0.2, 0.25) is 10.0 Å². The maximum atomic E-state index is 6.41. The van der Waals surface area contributed by atoms with Crippen molar-refractivity contribution in [2.45, 2.75) is 19.4 Å². The summed E-state index contributed by atoms with van der Waals surface area (Å²) in [6, 6.07) is 24.9. The van der Waals surface area contributed by atoms with Crippen molar-refractivity contribution in [1.82, 2.24) is 14.4 Å². The monoisotopic (exact) mass is 521 g/mol. The molecule has 5 rings (SSSR count). The maximum absolute atomic E-state index is 6.41. The van der Waals surface area contributed by atoms with Crippen LogP contribution in [-0.2, 0) is 20.0 Å². The van der Waals surface area contributed by atoms with E-state index in [1.165, 1.54) is 27.7 Å². The molecule has 1 fully saturated rings. The van der Waals surface area contributed by atoms with E-state index in [0.717, 1.165) is 66.2 Å². The van der Waals surface area contributed by atoms with Crippen molar-refractivity contribution in [1.29, 1.82) is 0 Å². The molecule has 1 aromatic heterocycles. The highest BCUT2D eigenvalue weighted by Crippen LogP contribution is 2.36. The number of thiocarbonyl (C=S) groups is 1. The van der Waals surface area contributed by atoms with Crippen LogP contribution in [-0.4, -0.2) is 45.5 Å². The van der Waals surface area contributed by atoms with E-state index in [1.54, 1.807) is 0 Å². The molecule has 4 aromatic rings. The van der Waals surface area contributed by atoms with Crippen molar-refractivity contribution < 1.29 is 0 Å². The second-order valence-corrected chi connectivity index (χ2v) is 10.5. The molecule has 6 heteroatoms. The molecule has 1 saturated heterocycles. The van der Waals surface area contributed by atoms with Gasteiger partial charge in [0.2, 0.25) is 0 Å². The fourth-order valence-electron chi connectivity index (χ4n) is 5.11. The van der Waals surface area contributed by atoms with Gasteiger partial charge in [-0.05, 0) is 53.4 Å². The predicted octanol–water partition coefficient (Wildman–Crippen LogP) is 7.23. The molecule has 0 atom stereocenters. The molecule has 0 aliphatic carbocycles. The van der Waals surface area contributed by atoms with Gasteiger partial charge in [0.1, 0.15) is 0 Å². The highest BCUT2D eigenvalue weighted by Gasteiger charge is 2.21. The van der Waals surface area contributed by atoms with E-state index in [1.807, 2.05) is 18.2 Å². The number of benzene rings is 3. The summed E-state index contributed by atoms with van der Waals surface area (Å²) in [6.45, 7) is 5.04. The average Bonchev–Trinajstić information content (AvgIpc) is 3.14. The smallest absolute Gasteiger partial charge is 0.0783 e. The molecular formula is C29H29Cl2N3S. The Bertz CT molecular complexity index is 1320. The summed E-state index contributed by atoms with van der Waals surface area (Å²) < 4.78 is 2.26. The molecule has 180 valence electrons. The van der Waals surface area contributed by atoms with Crippen LogP contribution in [0.3, 0.4) is 0 Å². The van der Waals surface area contributed by atoms with Crippen LogP contribution in [0.25, 0.3) is 22.2 Å². The first-order valence-corrected chi connectivity index (χ1v) is 13.2. The fraction of sp³-hybridized carbons (Fsp3) is 0.276. The molecule has 0 bridgehead atoms. The summed E-state index contributed by atoms with van der Waals surface area (Å²) in [4.78, 5) is 5.95. The third-order valence-corrected chi connectivity index (χ3v) is 7.90. The van der Waals surface area contributed by atoms with Gasteiger partial charge < -0.3 is 9.47 Å². The Hall–Kier alpha value is -2.37. The van der Waals surface area contributed by atoms with Crippen LogP contribution >= 0.6 is 35.4 Å². The average molecular weight is 523 g/mol. The quantitative estimate of drug-likeness (QED) is 0.248. The normalized spacial score (nSPS) is 14.5. The maximum Gasteiger partial charge on any atom is 0.0783 e. The van der Waals surface area contributed by atoms with E-state index >= 15 is 0 Å². The highest BCUT2D eigenvalue weighted by atomic mass is 35.5. The summed E-state index contributed by atoms with van der Waals surface area (Å²) in [5.41, 5.74) is 6.19. The SMILES string of the molecule is Cn1c(-c2ccc(Cl)cc2)c(CCC(=S)N2CCN(Cc3ccccc3)CC2)c2cc(Cl)ccc21. The first kappa shape index (κ1) is 24.3. The number of hydrogen-bond donors (Lipinski definition) is 0. The zero-order valence-corrected chi connectivity index (χ0v) is 22.2. The van der Waals surface area contributed by atoms with Gasteiger partial charge in [-0.2, -0.15) is 0 Å². The number of aromatic nitrogens is 1. The van der Waals surface area contributed by atoms with Crippen LogP contribution < -0.4 is 0 Å². The third-order valence-electron chi connectivity index (χ3n) is 6.95. The molecule has 0 saturated carbocycles. The number of piperazine rings is 1. The molecule has 0 unspecified atom stereocenters. The standard InChI is InChI=1S/C29H29Cl2N3S/c1-32-27-13-11-24(31)19-26(27)25(29(32)22-7-9-23(30)10-8-22)12-14-28(35)34-17-15-33(16-18-34)20-21-5-3-2-4-6-21/h2-11,13,19H,12,14-18,20H2,1H3. The van der Waals surface area contributed by atoms with E-state index in [2.05, 4.69) is 76.0 Å². The minimum atomic E-state index is 0.740. The molecular weight excluding hydrogens is 493 g/mol. The summed E-state index contributed by atoms with van der Waals surface area (Å²) in [7, 11) is 2.12. The molecule has 0 amide bonds. The Morgan fingerprint density at radius 3 is 2.26 bits per heavy atom. The lowest BCUT2D eigenvalue weighted by Gasteiger charge is -2.36. The molecule has 2 heterocycles. The van der Waals surface area contributed by atoms with Crippen molar-refractivity contribution in [3.63, 3.8) is 0 Å². The Morgan fingerprint density at radius 1 is 0.857 bits per heavy atom. The van der Waals surface area contributed by atoms with E-state index in [-0.39, 0.29) is 0 Å². The van der Waals surface area contributed by atoms with Gasteiger partial charge in [-0.1, -0.05) is 77.9 Å². The minimum absolute atomic E-state index is 0.740. The van der Waals surface area contributed by atoms with E-state index in [4.69, 9.17) is 35.4 Å². The molecule has 1 aliphatic heterocycles. The van der Waals surface area contributed by atoms with E-state index < -0.39 is 0 Å². The highest BCUT2D eigenvalue weighted by molar-refractivity contribution is 7.80. The summed E-state index contributed by atoms with van der Waals surface area (Å²) in [5.74, 6) is 0. The lowest BCUT2D eigenvalue weighted by molar-refractivity contribution is 0.175. The molecule has 0 spiro atoms. The van der Waals surface area contributed by atoms with Gasteiger partial charge in [-0.3, -0.25) is 4.90 Å². The summed E-state index contributed by atoms with van der Waals surface area (Å²) >= 11 is 18.5. The zero-order valence-electron chi connectivity index (χ0n) is 19.9. The first-order chi connectivity index (χ1) is 17.0. The third kappa shape index (κ3) is 5.41. The number of aryl methyl sites for hydroxylation is 2. The molecule has 35 heavy (non-hydrogen) atoms. The van der Waals surface area contributed by atoms with Crippen LogP contribution in [0.5, 0.6) is 0 Å².